The van der Waals surface area contributed by atoms with Crippen LogP contribution in [0.2, 0.25) is 10.3 Å². The number of nitrogens with two attached hydrogens (primary N) is 2. The highest BCUT2D eigenvalue weighted by atomic mass is 35.5. The molecular weight excluding hydrogens is 559 g/mol. The lowest BCUT2D eigenvalue weighted by molar-refractivity contribution is 0.0481. The fourth-order valence-corrected chi connectivity index (χ4v) is 5.90. The predicted octanol–water partition coefficient (Wildman–Crippen LogP) is 3.00. The summed E-state index contributed by atoms with van der Waals surface area (Å²) < 4.78 is 10.3. The summed E-state index contributed by atoms with van der Waals surface area (Å²) in [5.74, 6) is 0.816. The summed E-state index contributed by atoms with van der Waals surface area (Å²) in [6.45, 7) is 5.77. The number of piperidine rings is 1. The van der Waals surface area contributed by atoms with E-state index in [0.29, 0.717) is 43.1 Å². The van der Waals surface area contributed by atoms with E-state index in [9.17, 15) is 4.79 Å². The van der Waals surface area contributed by atoms with Crippen LogP contribution in [-0.4, -0.2) is 92.8 Å². The first-order valence-electron chi connectivity index (χ1n) is 13.2. The quantitative estimate of drug-likeness (QED) is 0.387. The molecule has 2 aliphatic rings. The van der Waals surface area contributed by atoms with Gasteiger partial charge in [0.25, 0.3) is 11.8 Å². The van der Waals surface area contributed by atoms with Gasteiger partial charge in [-0.15, -0.1) is 5.10 Å². The van der Waals surface area contributed by atoms with E-state index >= 15 is 0 Å². The molecule has 3 aromatic heterocycles. The van der Waals surface area contributed by atoms with Crippen LogP contribution in [0.5, 0.6) is 6.08 Å². The Hall–Kier alpha value is -3.42. The van der Waals surface area contributed by atoms with E-state index in [1.165, 1.54) is 7.11 Å². The van der Waals surface area contributed by atoms with Crippen molar-refractivity contribution in [3.63, 3.8) is 0 Å². The molecule has 0 aromatic carbocycles. The number of hydrogen-bond donors (Lipinski definition) is 2. The number of halogens is 2. The summed E-state index contributed by atoms with van der Waals surface area (Å²) in [5, 5.41) is 8.14. The molecule has 2 saturated heterocycles. The van der Waals surface area contributed by atoms with E-state index < -0.39 is 0 Å². The second-order valence-corrected chi connectivity index (χ2v) is 10.6. The van der Waals surface area contributed by atoms with Crippen LogP contribution in [0.15, 0.2) is 16.5 Å². The first kappa shape index (κ1) is 28.1. The number of aromatic nitrogens is 5. The fourth-order valence-electron chi connectivity index (χ4n) is 5.50. The van der Waals surface area contributed by atoms with Gasteiger partial charge < -0.3 is 30.4 Å². The SMILES string of the molecule is CCC[C@H]1CN(c2nc(N)c(-c3nnc(OC)o3)nc2Cl)CCN1C1CCN(C(=O)c2ccc(Cl)nc2N)CC1. The molecule has 2 fully saturated rings. The Bertz CT molecular complexity index is 1360. The van der Waals surface area contributed by atoms with Gasteiger partial charge >= 0.3 is 6.08 Å². The maximum atomic E-state index is 13.1. The largest absolute Gasteiger partial charge is 0.452 e. The number of anilines is 3. The lowest BCUT2D eigenvalue weighted by Gasteiger charge is -2.48. The fraction of sp³-hybridized carbons (Fsp3) is 0.520. The van der Waals surface area contributed by atoms with Crippen LogP contribution < -0.4 is 21.1 Å². The average Bonchev–Trinajstić information content (AvgIpc) is 3.43. The van der Waals surface area contributed by atoms with Crippen LogP contribution in [0.3, 0.4) is 0 Å². The highest BCUT2D eigenvalue weighted by molar-refractivity contribution is 6.32. The zero-order valence-electron chi connectivity index (χ0n) is 22.4. The number of amides is 1. The number of nitrogens with zero attached hydrogens (tertiary/aromatic N) is 8. The molecule has 0 bridgehead atoms. The summed E-state index contributed by atoms with van der Waals surface area (Å²) in [5.41, 5.74) is 12.8. The smallest absolute Gasteiger partial charge is 0.414 e. The number of carbonyl (C=O) groups is 1. The van der Waals surface area contributed by atoms with E-state index in [4.69, 9.17) is 43.8 Å². The minimum atomic E-state index is -0.108. The minimum absolute atomic E-state index is 0.00348. The van der Waals surface area contributed by atoms with Crippen molar-refractivity contribution in [3.05, 3.63) is 28.0 Å². The van der Waals surface area contributed by atoms with E-state index in [0.717, 1.165) is 38.8 Å². The number of nitrogen functional groups attached to an aromatic ring is 2. The van der Waals surface area contributed by atoms with Crippen molar-refractivity contribution in [2.75, 3.05) is 56.2 Å². The molecule has 4 N–H and O–H groups in total. The topological polar surface area (TPSA) is 166 Å². The van der Waals surface area contributed by atoms with Crippen LogP contribution in [0.4, 0.5) is 17.5 Å². The van der Waals surface area contributed by atoms with Crippen molar-refractivity contribution in [1.82, 2.24) is 34.9 Å². The van der Waals surface area contributed by atoms with Crippen LogP contribution in [0.1, 0.15) is 43.0 Å². The Morgan fingerprint density at radius 1 is 1.07 bits per heavy atom. The Balaban J connectivity index is 1.25. The highest BCUT2D eigenvalue weighted by Crippen LogP contribution is 2.33. The summed E-state index contributed by atoms with van der Waals surface area (Å²) >= 11 is 12.5. The molecule has 13 nitrogen and oxygen atoms in total. The predicted molar refractivity (Wildman–Crippen MR) is 151 cm³/mol. The second kappa shape index (κ2) is 12.0. The number of pyridine rings is 1. The molecule has 3 aromatic rings. The maximum Gasteiger partial charge on any atom is 0.414 e. The number of carbonyl (C=O) groups excluding carboxylic acids is 1. The van der Waals surface area contributed by atoms with Gasteiger partial charge in [-0.05, 0) is 31.4 Å². The van der Waals surface area contributed by atoms with Crippen LogP contribution in [0, 0.1) is 0 Å². The lowest BCUT2D eigenvalue weighted by atomic mass is 9.97. The van der Waals surface area contributed by atoms with E-state index in [1.54, 1.807) is 12.1 Å². The van der Waals surface area contributed by atoms with Crippen molar-refractivity contribution in [2.24, 2.45) is 0 Å². The van der Waals surface area contributed by atoms with Crippen molar-refractivity contribution < 1.29 is 13.9 Å². The highest BCUT2D eigenvalue weighted by Gasteiger charge is 2.36. The molecule has 1 amide bonds. The van der Waals surface area contributed by atoms with E-state index in [2.05, 4.69) is 41.9 Å². The second-order valence-electron chi connectivity index (χ2n) is 9.87. The van der Waals surface area contributed by atoms with Crippen LogP contribution in [-0.2, 0) is 0 Å². The van der Waals surface area contributed by atoms with Crippen molar-refractivity contribution >= 4 is 46.6 Å². The number of piperazine rings is 1. The maximum absolute atomic E-state index is 13.1. The first-order chi connectivity index (χ1) is 19.3. The van der Waals surface area contributed by atoms with Crippen LogP contribution >= 0.6 is 23.2 Å². The first-order valence-corrected chi connectivity index (χ1v) is 14.0. The van der Waals surface area contributed by atoms with Gasteiger partial charge in [0.2, 0.25) is 0 Å². The minimum Gasteiger partial charge on any atom is -0.452 e. The van der Waals surface area contributed by atoms with Gasteiger partial charge in [0.1, 0.15) is 11.0 Å². The molecule has 0 saturated carbocycles. The van der Waals surface area contributed by atoms with Gasteiger partial charge in [-0.3, -0.25) is 9.69 Å². The molecule has 5 heterocycles. The Kier molecular flexibility index (Phi) is 8.43. The number of methoxy groups -OCH3 is 1. The lowest BCUT2D eigenvalue weighted by Crippen LogP contribution is -2.59. The van der Waals surface area contributed by atoms with Gasteiger partial charge in [0.15, 0.2) is 22.5 Å². The summed E-state index contributed by atoms with van der Waals surface area (Å²) in [4.78, 5) is 32.6. The van der Waals surface area contributed by atoms with E-state index in [1.807, 2.05) is 4.90 Å². The molecule has 214 valence electrons. The third-order valence-electron chi connectivity index (χ3n) is 7.44. The zero-order valence-corrected chi connectivity index (χ0v) is 23.9. The Morgan fingerprint density at radius 2 is 1.85 bits per heavy atom. The third kappa shape index (κ3) is 5.72. The Labute approximate surface area is 241 Å². The molecule has 0 aliphatic carbocycles. The van der Waals surface area contributed by atoms with Gasteiger partial charge in [-0.2, -0.15) is 0 Å². The summed E-state index contributed by atoms with van der Waals surface area (Å²) in [7, 11) is 1.42. The molecule has 0 radical (unpaired) electrons. The monoisotopic (exact) mass is 590 g/mol. The summed E-state index contributed by atoms with van der Waals surface area (Å²) in [6.07, 6.45) is 3.81. The number of rotatable bonds is 7. The average molecular weight is 592 g/mol. The standard InChI is InChI=1S/C25H32Cl2N10O3/c1-3-4-15-13-36(22-19(27)31-18(21(29)32-22)23-33-34-25(39-2)40-23)11-12-37(15)14-7-9-35(10-8-14)24(38)16-5-6-17(26)30-20(16)28/h5-6,14-15H,3-4,7-13H2,1-2H3,(H2,28,30)(H2,29,32)/t15-/m0/s1. The van der Waals surface area contributed by atoms with Crippen molar-refractivity contribution in [1.29, 1.82) is 0 Å². The van der Waals surface area contributed by atoms with Crippen molar-refractivity contribution in [2.45, 2.75) is 44.7 Å². The molecule has 40 heavy (non-hydrogen) atoms. The number of ether oxygens (including phenoxy) is 1. The number of hydrogen-bond acceptors (Lipinski definition) is 12. The molecule has 0 spiro atoms. The normalized spacial score (nSPS) is 18.8. The van der Waals surface area contributed by atoms with Gasteiger partial charge in [-0.1, -0.05) is 41.6 Å². The molecule has 2 aliphatic heterocycles. The molecule has 1 atom stereocenters. The molecule has 15 heteroatoms. The molecular formula is C25H32Cl2N10O3. The number of likely N-dealkylation sites (tertiary alicyclic amines) is 1. The molecule has 0 unspecified atom stereocenters. The molecule has 5 rings (SSSR count). The van der Waals surface area contributed by atoms with Crippen molar-refractivity contribution in [3.8, 4) is 17.7 Å². The van der Waals surface area contributed by atoms with Gasteiger partial charge in [0, 0.05) is 44.8 Å². The van der Waals surface area contributed by atoms with Gasteiger partial charge in [-0.25, -0.2) is 15.0 Å². The van der Waals surface area contributed by atoms with E-state index in [-0.39, 0.29) is 45.5 Å². The third-order valence-corrected chi connectivity index (χ3v) is 7.90. The Morgan fingerprint density at radius 3 is 2.52 bits per heavy atom. The van der Waals surface area contributed by atoms with Gasteiger partial charge in [0.05, 0.1) is 12.7 Å². The summed E-state index contributed by atoms with van der Waals surface area (Å²) in [6, 6.07) is 3.89. The zero-order chi connectivity index (χ0) is 28.4. The van der Waals surface area contributed by atoms with Crippen LogP contribution in [0.25, 0.3) is 11.6 Å².